The molecule has 0 saturated heterocycles. The SMILES string of the molecule is C=C(CCC)CC(C)C1=CCCCC1.CC.CC.CC.CC(C)(C)C. The van der Waals surface area contributed by atoms with Crippen LogP contribution in [0, 0.1) is 11.3 Å². The standard InChI is InChI=1S/C14H24.C5H12.3C2H6/c1-4-8-12(2)11-13(3)14-9-6-5-7-10-14;1-5(2,3)4;3*1-2/h9,13H,2,4-8,10-11H2,1,3H3;1-4H3;3*1-2H3. The summed E-state index contributed by atoms with van der Waals surface area (Å²) in [5, 5.41) is 0. The van der Waals surface area contributed by atoms with E-state index >= 15 is 0 Å². The van der Waals surface area contributed by atoms with E-state index in [9.17, 15) is 0 Å². The lowest BCUT2D eigenvalue weighted by Crippen LogP contribution is -2.04. The Kier molecular flexibility index (Phi) is 30.2. The normalized spacial score (nSPS) is 13.7. The van der Waals surface area contributed by atoms with Gasteiger partial charge in [-0.05, 0) is 49.9 Å². The van der Waals surface area contributed by atoms with Gasteiger partial charge < -0.3 is 0 Å². The van der Waals surface area contributed by atoms with E-state index in [0.29, 0.717) is 5.41 Å². The zero-order valence-corrected chi connectivity index (χ0v) is 20.3. The molecule has 154 valence electrons. The van der Waals surface area contributed by atoms with Gasteiger partial charge in [0.25, 0.3) is 0 Å². The van der Waals surface area contributed by atoms with E-state index in [-0.39, 0.29) is 0 Å². The lowest BCUT2D eigenvalue weighted by molar-refractivity contribution is 0.469. The lowest BCUT2D eigenvalue weighted by Gasteiger charge is -2.20. The van der Waals surface area contributed by atoms with Crippen LogP contribution in [-0.2, 0) is 0 Å². The molecular weight excluding hydrogens is 300 g/mol. The zero-order chi connectivity index (χ0) is 20.9. The molecular formula is C25H54. The molecule has 0 bridgehead atoms. The van der Waals surface area contributed by atoms with Gasteiger partial charge in [-0.2, -0.15) is 0 Å². The van der Waals surface area contributed by atoms with Crippen molar-refractivity contribution in [2.24, 2.45) is 11.3 Å². The van der Waals surface area contributed by atoms with Gasteiger partial charge in [0, 0.05) is 0 Å². The summed E-state index contributed by atoms with van der Waals surface area (Å²) in [5.41, 5.74) is 3.62. The highest BCUT2D eigenvalue weighted by Gasteiger charge is 2.12. The van der Waals surface area contributed by atoms with Crippen LogP contribution >= 0.6 is 0 Å². The first-order chi connectivity index (χ1) is 11.7. The van der Waals surface area contributed by atoms with Gasteiger partial charge in [0.2, 0.25) is 0 Å². The highest BCUT2D eigenvalue weighted by Crippen LogP contribution is 2.28. The molecule has 0 spiro atoms. The topological polar surface area (TPSA) is 0 Å². The molecule has 0 aliphatic heterocycles. The fourth-order valence-corrected chi connectivity index (χ4v) is 2.33. The Morgan fingerprint density at radius 1 is 1.00 bits per heavy atom. The van der Waals surface area contributed by atoms with Gasteiger partial charge in [0.1, 0.15) is 0 Å². The summed E-state index contributed by atoms with van der Waals surface area (Å²) >= 11 is 0. The summed E-state index contributed by atoms with van der Waals surface area (Å²) in [6, 6.07) is 0. The zero-order valence-electron chi connectivity index (χ0n) is 20.3. The maximum Gasteiger partial charge on any atom is -0.0195 e. The van der Waals surface area contributed by atoms with Crippen molar-refractivity contribution in [3.63, 3.8) is 0 Å². The number of allylic oxidation sites excluding steroid dienone is 3. The first kappa shape index (κ1) is 32.2. The van der Waals surface area contributed by atoms with Gasteiger partial charge in [-0.1, -0.05) is 113 Å². The molecule has 0 nitrogen and oxygen atoms in total. The highest BCUT2D eigenvalue weighted by atomic mass is 14.2. The van der Waals surface area contributed by atoms with Crippen LogP contribution < -0.4 is 0 Å². The Balaban J connectivity index is -0.000000168. The smallest absolute Gasteiger partial charge is 0.0195 e. The van der Waals surface area contributed by atoms with Crippen LogP contribution in [0.4, 0.5) is 0 Å². The molecule has 0 aromatic carbocycles. The van der Waals surface area contributed by atoms with E-state index in [4.69, 9.17) is 0 Å². The van der Waals surface area contributed by atoms with Crippen LogP contribution in [0.3, 0.4) is 0 Å². The monoisotopic (exact) mass is 354 g/mol. The molecule has 1 atom stereocenters. The maximum atomic E-state index is 4.15. The second-order valence-corrected chi connectivity index (χ2v) is 7.63. The Morgan fingerprint density at radius 3 is 1.76 bits per heavy atom. The number of hydrogen-bond donors (Lipinski definition) is 0. The predicted molar refractivity (Wildman–Crippen MR) is 124 cm³/mol. The molecule has 0 saturated carbocycles. The Labute approximate surface area is 163 Å². The Hall–Kier alpha value is -0.520. The number of rotatable bonds is 5. The fourth-order valence-electron chi connectivity index (χ4n) is 2.33. The van der Waals surface area contributed by atoms with Crippen molar-refractivity contribution in [2.45, 2.75) is 128 Å². The summed E-state index contributed by atoms with van der Waals surface area (Å²) < 4.78 is 0. The molecule has 25 heavy (non-hydrogen) atoms. The summed E-state index contributed by atoms with van der Waals surface area (Å²) in [6.07, 6.45) is 11.6. The molecule has 1 aliphatic carbocycles. The first-order valence-electron chi connectivity index (χ1n) is 11.1. The van der Waals surface area contributed by atoms with Crippen LogP contribution in [-0.4, -0.2) is 0 Å². The molecule has 0 heteroatoms. The second-order valence-electron chi connectivity index (χ2n) is 7.63. The fraction of sp³-hybridized carbons (Fsp3) is 0.840. The van der Waals surface area contributed by atoms with Crippen molar-refractivity contribution in [3.05, 3.63) is 23.8 Å². The maximum absolute atomic E-state index is 4.15. The minimum absolute atomic E-state index is 0.500. The Morgan fingerprint density at radius 2 is 1.44 bits per heavy atom. The molecule has 0 heterocycles. The summed E-state index contributed by atoms with van der Waals surface area (Å²) in [4.78, 5) is 0. The first-order valence-corrected chi connectivity index (χ1v) is 11.1. The van der Waals surface area contributed by atoms with Crippen molar-refractivity contribution in [3.8, 4) is 0 Å². The van der Waals surface area contributed by atoms with Crippen molar-refractivity contribution in [1.82, 2.24) is 0 Å². The van der Waals surface area contributed by atoms with E-state index in [1.54, 1.807) is 5.57 Å². The van der Waals surface area contributed by atoms with Crippen LogP contribution in [0.1, 0.15) is 128 Å². The largest absolute Gasteiger partial charge is 0.0998 e. The third-order valence-corrected chi connectivity index (χ3v) is 3.16. The molecule has 0 aromatic rings. The molecule has 1 aliphatic rings. The van der Waals surface area contributed by atoms with Crippen molar-refractivity contribution in [1.29, 1.82) is 0 Å². The minimum atomic E-state index is 0.500. The van der Waals surface area contributed by atoms with E-state index in [1.807, 2.05) is 41.5 Å². The molecule has 0 aromatic heterocycles. The van der Waals surface area contributed by atoms with Gasteiger partial charge in [-0.25, -0.2) is 0 Å². The molecule has 1 unspecified atom stereocenters. The molecule has 0 amide bonds. The van der Waals surface area contributed by atoms with E-state index < -0.39 is 0 Å². The molecule has 0 radical (unpaired) electrons. The average Bonchev–Trinajstić information content (AvgIpc) is 2.60. The van der Waals surface area contributed by atoms with Gasteiger partial charge >= 0.3 is 0 Å². The van der Waals surface area contributed by atoms with Crippen molar-refractivity contribution in [2.75, 3.05) is 0 Å². The highest BCUT2D eigenvalue weighted by molar-refractivity contribution is 5.12. The quantitative estimate of drug-likeness (QED) is 0.431. The minimum Gasteiger partial charge on any atom is -0.0998 e. The Bertz CT molecular complexity index is 269. The van der Waals surface area contributed by atoms with Crippen molar-refractivity contribution < 1.29 is 0 Å². The summed E-state index contributed by atoms with van der Waals surface area (Å²) in [7, 11) is 0. The van der Waals surface area contributed by atoms with Gasteiger partial charge in [-0.15, -0.1) is 0 Å². The average molecular weight is 355 g/mol. The van der Waals surface area contributed by atoms with Crippen LogP contribution in [0.5, 0.6) is 0 Å². The molecule has 1 rings (SSSR count). The van der Waals surface area contributed by atoms with Gasteiger partial charge in [0.15, 0.2) is 0 Å². The van der Waals surface area contributed by atoms with Crippen molar-refractivity contribution >= 4 is 0 Å². The molecule has 0 N–H and O–H groups in total. The predicted octanol–water partition coefficient (Wildman–Crippen LogP) is 10.0. The molecule has 0 fully saturated rings. The van der Waals surface area contributed by atoms with E-state index in [1.165, 1.54) is 50.5 Å². The lowest BCUT2D eigenvalue weighted by atomic mass is 9.86. The van der Waals surface area contributed by atoms with E-state index in [0.717, 1.165) is 5.92 Å². The van der Waals surface area contributed by atoms with Crippen LogP contribution in [0.15, 0.2) is 23.8 Å². The van der Waals surface area contributed by atoms with Gasteiger partial charge in [-0.3, -0.25) is 0 Å². The third-order valence-electron chi connectivity index (χ3n) is 3.16. The third kappa shape index (κ3) is 31.7. The van der Waals surface area contributed by atoms with Gasteiger partial charge in [0.05, 0.1) is 0 Å². The van der Waals surface area contributed by atoms with Crippen LogP contribution in [0.25, 0.3) is 0 Å². The van der Waals surface area contributed by atoms with E-state index in [2.05, 4.69) is 54.2 Å². The summed E-state index contributed by atoms with van der Waals surface area (Å²) in [6.45, 7) is 29.5. The number of hydrogen-bond acceptors (Lipinski definition) is 0. The van der Waals surface area contributed by atoms with Crippen LogP contribution in [0.2, 0.25) is 0 Å². The second kappa shape index (κ2) is 23.5. The summed E-state index contributed by atoms with van der Waals surface area (Å²) in [5.74, 6) is 0.745.